The van der Waals surface area contributed by atoms with Gasteiger partial charge in [-0.25, -0.2) is 0 Å². The van der Waals surface area contributed by atoms with Crippen molar-refractivity contribution in [1.29, 1.82) is 0 Å². The quantitative estimate of drug-likeness (QED) is 0.394. The average molecular weight is 467 g/mol. The Bertz CT molecular complexity index is 1040. The van der Waals surface area contributed by atoms with Crippen LogP contribution in [0.4, 0.5) is 0 Å². The van der Waals surface area contributed by atoms with Crippen molar-refractivity contribution in [2.24, 2.45) is 11.8 Å². The molecule has 2 aromatic heterocycles. The van der Waals surface area contributed by atoms with Crippen LogP contribution in [0.15, 0.2) is 48.0 Å². The number of thiophene rings is 1. The Balaban J connectivity index is 1.31. The molecule has 0 saturated carbocycles. The summed E-state index contributed by atoms with van der Waals surface area (Å²) >= 11 is 1.82. The lowest BCUT2D eigenvalue weighted by Gasteiger charge is -2.38. The van der Waals surface area contributed by atoms with Crippen LogP contribution in [0, 0.1) is 11.8 Å². The molecular weight excluding hydrogens is 432 g/mol. The highest BCUT2D eigenvalue weighted by Crippen LogP contribution is 2.32. The topological polar surface area (TPSA) is 62.7 Å². The van der Waals surface area contributed by atoms with Gasteiger partial charge in [-0.2, -0.15) is 0 Å². The molecule has 176 valence electrons. The molecule has 1 aliphatic heterocycles. The van der Waals surface area contributed by atoms with Crippen LogP contribution in [0.1, 0.15) is 42.5 Å². The number of fused-ring (bicyclic) bond motifs is 1. The molecule has 0 radical (unpaired) electrons. The first-order chi connectivity index (χ1) is 16.1. The van der Waals surface area contributed by atoms with Crippen LogP contribution in [0.3, 0.4) is 0 Å². The van der Waals surface area contributed by atoms with E-state index in [-0.39, 0.29) is 12.3 Å². The molecular formula is C27H34N2O3S. The van der Waals surface area contributed by atoms with E-state index in [4.69, 9.17) is 4.74 Å². The summed E-state index contributed by atoms with van der Waals surface area (Å²) in [5.74, 6) is 0.909. The monoisotopic (exact) mass is 466 g/mol. The van der Waals surface area contributed by atoms with Gasteiger partial charge < -0.3 is 14.7 Å². The number of aliphatic carboxylic acids is 1. The molecule has 1 fully saturated rings. The molecule has 3 aromatic rings. The lowest BCUT2D eigenvalue weighted by molar-refractivity contribution is -0.139. The summed E-state index contributed by atoms with van der Waals surface area (Å²) in [4.78, 5) is 20.0. The van der Waals surface area contributed by atoms with Gasteiger partial charge in [0.05, 0.1) is 12.6 Å². The van der Waals surface area contributed by atoms with Crippen molar-refractivity contribution in [3.8, 4) is 5.75 Å². The van der Waals surface area contributed by atoms with E-state index in [2.05, 4.69) is 39.5 Å². The molecule has 1 aromatic carbocycles. The minimum Gasteiger partial charge on any atom is -0.497 e. The molecule has 33 heavy (non-hydrogen) atoms. The number of nitrogens with zero attached hydrogens (tertiary/aromatic N) is 2. The molecule has 0 spiro atoms. The molecule has 2 atom stereocenters. The third-order valence-electron chi connectivity index (χ3n) is 6.95. The van der Waals surface area contributed by atoms with E-state index in [9.17, 15) is 9.90 Å². The summed E-state index contributed by atoms with van der Waals surface area (Å²) < 4.78 is 5.40. The number of piperidine rings is 1. The number of carboxylic acids is 1. The Morgan fingerprint density at radius 2 is 2.12 bits per heavy atom. The van der Waals surface area contributed by atoms with Gasteiger partial charge in [0, 0.05) is 29.4 Å². The first-order valence-corrected chi connectivity index (χ1v) is 12.9. The van der Waals surface area contributed by atoms with Gasteiger partial charge in [0.2, 0.25) is 0 Å². The number of hydrogen-bond donors (Lipinski definition) is 1. The molecule has 6 heteroatoms. The Labute approximate surface area is 200 Å². The molecule has 1 aliphatic rings. The fourth-order valence-electron chi connectivity index (χ4n) is 5.21. The molecule has 1 N–H and O–H groups in total. The van der Waals surface area contributed by atoms with E-state index in [1.165, 1.54) is 10.4 Å². The Kier molecular flexibility index (Phi) is 8.35. The molecule has 0 bridgehead atoms. The second-order valence-corrected chi connectivity index (χ2v) is 10.2. The zero-order chi connectivity index (χ0) is 23.0. The number of rotatable bonds is 11. The molecule has 5 nitrogen and oxygen atoms in total. The van der Waals surface area contributed by atoms with Gasteiger partial charge in [-0.3, -0.25) is 9.78 Å². The highest BCUT2D eigenvalue weighted by atomic mass is 32.1. The summed E-state index contributed by atoms with van der Waals surface area (Å²) in [5, 5.41) is 12.8. The summed E-state index contributed by atoms with van der Waals surface area (Å²) in [6.45, 7) is 3.06. The smallest absolute Gasteiger partial charge is 0.303 e. The molecule has 0 aliphatic carbocycles. The number of likely N-dealkylation sites (tertiary alicyclic amines) is 1. The second-order valence-electron chi connectivity index (χ2n) is 9.14. The van der Waals surface area contributed by atoms with E-state index < -0.39 is 5.97 Å². The number of aryl methyl sites for hydroxylation is 2. The zero-order valence-corrected chi connectivity index (χ0v) is 20.2. The van der Waals surface area contributed by atoms with Crippen LogP contribution in [0.5, 0.6) is 5.75 Å². The van der Waals surface area contributed by atoms with E-state index in [0.717, 1.165) is 74.8 Å². The normalized spacial score (nSPS) is 19.1. The van der Waals surface area contributed by atoms with E-state index in [0.29, 0.717) is 5.92 Å². The predicted molar refractivity (Wildman–Crippen MR) is 134 cm³/mol. The first kappa shape index (κ1) is 23.7. The van der Waals surface area contributed by atoms with E-state index in [1.807, 2.05) is 29.7 Å². The van der Waals surface area contributed by atoms with Crippen molar-refractivity contribution >= 4 is 28.2 Å². The fourth-order valence-corrected chi connectivity index (χ4v) is 5.96. The van der Waals surface area contributed by atoms with Crippen molar-refractivity contribution in [1.82, 2.24) is 9.88 Å². The fraction of sp³-hybridized carbons (Fsp3) is 0.481. The summed E-state index contributed by atoms with van der Waals surface area (Å²) in [6, 6.07) is 12.4. The summed E-state index contributed by atoms with van der Waals surface area (Å²) in [7, 11) is 1.69. The maximum Gasteiger partial charge on any atom is 0.303 e. The van der Waals surface area contributed by atoms with E-state index in [1.54, 1.807) is 7.11 Å². The maximum atomic E-state index is 11.6. The number of ether oxygens (including phenoxy) is 1. The van der Waals surface area contributed by atoms with Gasteiger partial charge in [0.15, 0.2) is 0 Å². The number of aromatic nitrogens is 1. The van der Waals surface area contributed by atoms with Gasteiger partial charge in [-0.05, 0) is 105 Å². The van der Waals surface area contributed by atoms with Gasteiger partial charge in [-0.1, -0.05) is 6.07 Å². The highest BCUT2D eigenvalue weighted by molar-refractivity contribution is 7.09. The molecule has 1 saturated heterocycles. The number of carbonyl (C=O) groups is 1. The van der Waals surface area contributed by atoms with Crippen LogP contribution in [0.25, 0.3) is 10.9 Å². The Hall–Kier alpha value is -2.44. The number of carboxylic acid groups (broad SMARTS) is 1. The molecule has 3 heterocycles. The number of methoxy groups -OCH3 is 1. The number of hydrogen-bond acceptors (Lipinski definition) is 5. The predicted octanol–water partition coefficient (Wildman–Crippen LogP) is 5.67. The molecule has 0 amide bonds. The zero-order valence-electron chi connectivity index (χ0n) is 19.4. The highest BCUT2D eigenvalue weighted by Gasteiger charge is 2.30. The van der Waals surface area contributed by atoms with Crippen LogP contribution in [0.2, 0.25) is 0 Å². The van der Waals surface area contributed by atoms with Crippen LogP contribution >= 0.6 is 11.3 Å². The van der Waals surface area contributed by atoms with Crippen LogP contribution < -0.4 is 4.74 Å². The Morgan fingerprint density at radius 1 is 1.21 bits per heavy atom. The van der Waals surface area contributed by atoms with Gasteiger partial charge in [0.1, 0.15) is 5.75 Å². The minimum absolute atomic E-state index is 0.243. The van der Waals surface area contributed by atoms with Crippen molar-refractivity contribution in [2.75, 3.05) is 26.7 Å². The number of pyridine rings is 1. The van der Waals surface area contributed by atoms with Crippen molar-refractivity contribution in [2.45, 2.75) is 44.9 Å². The third-order valence-corrected chi connectivity index (χ3v) is 7.89. The lowest BCUT2D eigenvalue weighted by atomic mass is 9.79. The number of benzene rings is 1. The minimum atomic E-state index is -0.669. The van der Waals surface area contributed by atoms with Crippen LogP contribution in [-0.4, -0.2) is 47.7 Å². The first-order valence-electron chi connectivity index (χ1n) is 12.0. The molecule has 4 rings (SSSR count). The lowest BCUT2D eigenvalue weighted by Crippen LogP contribution is -2.41. The molecule has 0 unspecified atom stereocenters. The SMILES string of the molecule is COc1ccc2nccc(CCC[C@@H]3CCN(CCCc4cccs4)C[C@@H]3CC(=O)O)c2c1. The van der Waals surface area contributed by atoms with Crippen LogP contribution in [-0.2, 0) is 17.6 Å². The summed E-state index contributed by atoms with van der Waals surface area (Å²) in [5.41, 5.74) is 2.28. The van der Waals surface area contributed by atoms with Crippen molar-refractivity contribution < 1.29 is 14.6 Å². The third kappa shape index (κ3) is 6.55. The average Bonchev–Trinajstić information content (AvgIpc) is 3.33. The maximum absolute atomic E-state index is 11.6. The van der Waals surface area contributed by atoms with Crippen molar-refractivity contribution in [3.63, 3.8) is 0 Å². The Morgan fingerprint density at radius 3 is 2.91 bits per heavy atom. The van der Waals surface area contributed by atoms with Gasteiger partial charge in [-0.15, -0.1) is 11.3 Å². The van der Waals surface area contributed by atoms with E-state index >= 15 is 0 Å². The standard InChI is InChI=1S/C27H34N2O3S/c1-32-23-9-10-26-25(18-23)21(11-13-28-26)6-2-5-20-12-15-29(19-22(20)17-27(30)31)14-3-7-24-8-4-16-33-24/h4,8-11,13,16,18,20,22H,2-3,5-7,12,14-15,17,19H2,1H3,(H,30,31)/t20-,22+/m1/s1. The summed E-state index contributed by atoms with van der Waals surface area (Å²) in [6.07, 6.45) is 8.64. The van der Waals surface area contributed by atoms with Gasteiger partial charge in [0.25, 0.3) is 0 Å². The largest absolute Gasteiger partial charge is 0.497 e. The van der Waals surface area contributed by atoms with Gasteiger partial charge >= 0.3 is 5.97 Å². The van der Waals surface area contributed by atoms with Crippen molar-refractivity contribution in [3.05, 3.63) is 58.4 Å². The second kappa shape index (κ2) is 11.6.